The number of carbonyl (C=O) groups is 2. The fourth-order valence-corrected chi connectivity index (χ4v) is 0.929. The molecule has 170 valence electrons. The normalized spacial score (nSPS) is 17.9. The molecule has 0 aromatic carbocycles. The molecule has 0 saturated carbocycles. The predicted octanol–water partition coefficient (Wildman–Crippen LogP) is -6.59. The van der Waals surface area contributed by atoms with Crippen LogP contribution in [-0.4, -0.2) is 94.3 Å². The number of ether oxygens (including phenoxy) is 2. The zero-order valence-corrected chi connectivity index (χ0v) is 19.2. The van der Waals surface area contributed by atoms with Crippen LogP contribution in [0.5, 0.6) is 0 Å². The summed E-state index contributed by atoms with van der Waals surface area (Å²) >= 11 is 0. The van der Waals surface area contributed by atoms with Crippen molar-refractivity contribution in [3.63, 3.8) is 0 Å². The van der Waals surface area contributed by atoms with E-state index < -0.39 is 48.2 Å². The molecule has 0 N–H and O–H groups in total. The summed E-state index contributed by atoms with van der Waals surface area (Å²) in [5.41, 5.74) is 0. The van der Waals surface area contributed by atoms with Crippen LogP contribution in [0.4, 0.5) is 52.7 Å². The molecule has 0 rings (SSSR count). The Labute approximate surface area is 209 Å². The minimum absolute atomic E-state index is 0. The number of carboxylic acid groups (broad SMARTS) is 2. The van der Waals surface area contributed by atoms with Crippen molar-refractivity contribution in [1.29, 1.82) is 0 Å². The van der Waals surface area contributed by atoms with Gasteiger partial charge in [0.15, 0.2) is 0 Å². The van der Waals surface area contributed by atoms with Gasteiger partial charge in [-0.05, 0) is 0 Å². The average Bonchev–Trinajstić information content (AvgIpc) is 2.33. The zero-order valence-electron chi connectivity index (χ0n) is 13.2. The molecule has 2 atom stereocenters. The summed E-state index contributed by atoms with van der Waals surface area (Å²) in [4.78, 5) is 20.0. The van der Waals surface area contributed by atoms with Crippen molar-refractivity contribution in [3.8, 4) is 0 Å². The molecule has 0 aliphatic heterocycles. The molecule has 22 heteroatoms. The number of halogens is 14. The Bertz CT molecular complexity index is 547. The summed E-state index contributed by atoms with van der Waals surface area (Å²) in [6.07, 6.45) is -21.7. The molecule has 6 nitrogen and oxygen atoms in total. The minimum atomic E-state index is -7.40. The summed E-state index contributed by atoms with van der Waals surface area (Å²) in [5.74, 6) is -22.4. The van der Waals surface area contributed by atoms with Crippen molar-refractivity contribution in [2.24, 2.45) is 0 Å². The van der Waals surface area contributed by atoms with E-state index in [1.54, 1.807) is 9.47 Å². The fraction of sp³-hybridized carbons (Fsp3) is 0.750. The molecule has 0 aromatic heterocycles. The Kier molecular flexibility index (Phi) is 16.5. The molecular weight excluding hydrogens is 628 g/mol. The maximum absolute atomic E-state index is 13.4. The van der Waals surface area contributed by atoms with E-state index in [0.29, 0.717) is 0 Å². The second-order valence-corrected chi connectivity index (χ2v) is 4.00. The van der Waals surface area contributed by atoms with E-state index in [1.165, 1.54) is 0 Å². The van der Waals surface area contributed by atoms with Gasteiger partial charge >= 0.3 is 82.4 Å². The molecule has 0 saturated heterocycles. The molecule has 0 fully saturated rings. The van der Waals surface area contributed by atoms with Crippen LogP contribution in [-0.2, 0) is 19.1 Å². The van der Waals surface area contributed by atoms with Crippen molar-refractivity contribution in [2.45, 2.75) is 36.3 Å². The van der Waals surface area contributed by atoms with Crippen LogP contribution in [0, 0.1) is 0 Å². The van der Waals surface area contributed by atoms with E-state index in [-0.39, 0.29) is 80.1 Å². The van der Waals surface area contributed by atoms with Crippen molar-refractivity contribution in [3.05, 3.63) is 0 Å². The van der Waals surface area contributed by atoms with E-state index in [2.05, 4.69) is 0 Å². The number of hydrogen-bond donors (Lipinski definition) is 0. The van der Waals surface area contributed by atoms with Crippen LogP contribution in [0.15, 0.2) is 0 Å². The van der Waals surface area contributed by atoms with Gasteiger partial charge in [-0.2, -0.15) is 52.7 Å². The predicted molar refractivity (Wildman–Crippen MR) is 53.4 cm³/mol. The third-order valence-corrected chi connectivity index (χ3v) is 2.14. The summed E-state index contributed by atoms with van der Waals surface area (Å²) in [6.45, 7) is 0. The summed E-state index contributed by atoms with van der Waals surface area (Å²) in [7, 11) is 0. The van der Waals surface area contributed by atoms with Gasteiger partial charge in [-0.1, -0.05) is 0 Å². The number of carbonyl (C=O) groups excluding carboxylic acids is 2. The van der Waals surface area contributed by atoms with E-state index in [1.807, 2.05) is 0 Å². The summed E-state index contributed by atoms with van der Waals surface area (Å²) in [5, 5.41) is 20.0. The van der Waals surface area contributed by atoms with Crippen LogP contribution in [0.1, 0.15) is 0 Å². The topological polar surface area (TPSA) is 98.7 Å². The van der Waals surface area contributed by atoms with Gasteiger partial charge < -0.3 is 53.8 Å². The van der Waals surface area contributed by atoms with Gasteiger partial charge in [0, 0.05) is 0 Å². The number of alkyl halides is 12. The largest absolute Gasteiger partial charge is 2.00 e. The first-order valence-corrected chi connectivity index (χ1v) is 5.15. The molecule has 0 aromatic rings. The molecule has 2 unspecified atom stereocenters. The molecule has 0 radical (unpaired) electrons. The van der Waals surface area contributed by atoms with E-state index in [0.717, 1.165) is 0 Å². The first kappa shape index (κ1) is 40.8. The molecule has 0 bridgehead atoms. The monoisotopic (exact) mass is 626 g/mol. The minimum Gasteiger partial charge on any atom is -1.00 e. The van der Waals surface area contributed by atoms with Crippen LogP contribution in [0.2, 0.25) is 0 Å². The van der Waals surface area contributed by atoms with Crippen LogP contribution >= 0.6 is 0 Å². The standard InChI is InChI=1S/C8H2F12O6.2BrH.2Mg/c9-3(1(21)22,5(11,12)13)25-8(20,7(17,18)19)26-4(10,2(23)24)6(14,15)16;;;;/h(H,21,22)(H,23,24);2*1H;;/q;;;2*+2/p-4. The van der Waals surface area contributed by atoms with Gasteiger partial charge in [-0.15, -0.1) is 0 Å². The van der Waals surface area contributed by atoms with Crippen molar-refractivity contribution >= 4 is 58.0 Å². The Hall–Kier alpha value is 0.512. The molecule has 30 heavy (non-hydrogen) atoms. The number of aliphatic carboxylic acids is 2. The maximum Gasteiger partial charge on any atom is 2.00 e. The van der Waals surface area contributed by atoms with Gasteiger partial charge in [0.1, 0.15) is 11.9 Å². The Morgan fingerprint density at radius 3 is 0.833 bits per heavy atom. The second-order valence-electron chi connectivity index (χ2n) is 4.00. The molecule has 0 aliphatic rings. The van der Waals surface area contributed by atoms with Gasteiger partial charge in [0.2, 0.25) is 0 Å². The van der Waals surface area contributed by atoms with Gasteiger partial charge in [0.05, 0.1) is 0 Å². The van der Waals surface area contributed by atoms with Gasteiger partial charge in [0.25, 0.3) is 0 Å². The first-order chi connectivity index (χ1) is 11.1. The van der Waals surface area contributed by atoms with Gasteiger partial charge in [-0.25, -0.2) is 0 Å². The van der Waals surface area contributed by atoms with Gasteiger partial charge in [-0.3, -0.25) is 9.47 Å². The molecular formula is C8Br2F12Mg2O6. The van der Waals surface area contributed by atoms with Crippen molar-refractivity contribution < 1.29 is 116 Å². The van der Waals surface area contributed by atoms with Crippen LogP contribution in [0.25, 0.3) is 0 Å². The third kappa shape index (κ3) is 8.13. The maximum atomic E-state index is 13.4. The Balaban J connectivity index is -0.000000521. The van der Waals surface area contributed by atoms with E-state index in [4.69, 9.17) is 0 Å². The first-order valence-electron chi connectivity index (χ1n) is 5.15. The third-order valence-electron chi connectivity index (χ3n) is 2.14. The molecule has 0 aliphatic carbocycles. The fourth-order valence-electron chi connectivity index (χ4n) is 0.929. The number of hydrogen-bond acceptors (Lipinski definition) is 6. The summed E-state index contributed by atoms with van der Waals surface area (Å²) < 4.78 is 153. The zero-order chi connectivity index (χ0) is 21.6. The van der Waals surface area contributed by atoms with Crippen LogP contribution in [0.3, 0.4) is 0 Å². The number of carboxylic acids is 2. The van der Waals surface area contributed by atoms with Crippen molar-refractivity contribution in [1.82, 2.24) is 0 Å². The smallest absolute Gasteiger partial charge is 1.00 e. The SMILES string of the molecule is O=C([O-])C(F)(OC(F)(OC(F)(C(=O)[O-])C(F)(F)F)C(F)(F)F)C(F)(F)F.[Br-].[Br-].[Mg+2].[Mg+2]. The average molecular weight is 628 g/mol. The summed E-state index contributed by atoms with van der Waals surface area (Å²) in [6, 6.07) is -7.25. The molecule has 0 spiro atoms. The molecule has 0 heterocycles. The van der Waals surface area contributed by atoms with E-state index >= 15 is 0 Å². The van der Waals surface area contributed by atoms with E-state index in [9.17, 15) is 72.5 Å². The Morgan fingerprint density at radius 1 is 0.533 bits per heavy atom. The number of rotatable bonds is 6. The second kappa shape index (κ2) is 12.1. The van der Waals surface area contributed by atoms with Crippen LogP contribution < -0.4 is 44.2 Å². The Morgan fingerprint density at radius 2 is 0.733 bits per heavy atom. The quantitative estimate of drug-likeness (QED) is 0.165. The van der Waals surface area contributed by atoms with Crippen molar-refractivity contribution in [2.75, 3.05) is 0 Å². The molecule has 0 amide bonds.